The molecule has 11 nitrogen and oxygen atoms in total. The first-order valence-electron chi connectivity index (χ1n) is 19.4. The van der Waals surface area contributed by atoms with Crippen molar-refractivity contribution in [2.45, 2.75) is 129 Å². The van der Waals surface area contributed by atoms with Crippen LogP contribution in [0.3, 0.4) is 0 Å². The van der Waals surface area contributed by atoms with E-state index in [2.05, 4.69) is 13.8 Å². The van der Waals surface area contributed by atoms with Crippen molar-refractivity contribution in [3.8, 4) is 0 Å². The van der Waals surface area contributed by atoms with E-state index in [0.717, 1.165) is 96.5 Å². The minimum Gasteiger partial charge on any atom is -0.481 e. The zero-order valence-electron chi connectivity index (χ0n) is 30.1. The van der Waals surface area contributed by atoms with Crippen LogP contribution in [0.5, 0.6) is 0 Å². The number of carboxylic acid groups (broad SMARTS) is 2. The summed E-state index contributed by atoms with van der Waals surface area (Å²) in [6, 6.07) is 0. The lowest BCUT2D eigenvalue weighted by Crippen LogP contribution is -2.38. The van der Waals surface area contributed by atoms with E-state index >= 15 is 0 Å². The number of carbonyl (C=O) groups is 3. The third kappa shape index (κ3) is 14.0. The van der Waals surface area contributed by atoms with E-state index in [4.69, 9.17) is 28.7 Å². The van der Waals surface area contributed by atoms with E-state index in [9.17, 15) is 24.6 Å². The number of aliphatic carboxylic acids is 2. The Morgan fingerprint density at radius 1 is 0.551 bits per heavy atom. The molecule has 4 rings (SSSR count). The quantitative estimate of drug-likeness (QED) is 0.0607. The second kappa shape index (κ2) is 21.5. The largest absolute Gasteiger partial charge is 0.481 e. The van der Waals surface area contributed by atoms with Crippen molar-refractivity contribution >= 4 is 17.9 Å². The highest BCUT2D eigenvalue weighted by Crippen LogP contribution is 2.37. The number of hydrogen-bond donors (Lipinski definition) is 2. The standard InChI is InChI=1S/C38H64O11/c1-26-3-13-33(36(39)40)30(23-26)25-47-49-32-11-7-29(8-12-32)16-18-45-20-22-46-21-19-44-17-15-28-5-9-31(10-6-28)48-38(43)35-24-27(2)4-14-34(35)37(41)42/h26-35H,3-25H2,1-2H3,(H,39,40)(H,41,42). The number of hydrogen-bond acceptors (Lipinski definition) is 9. The molecule has 2 N–H and O–H groups in total. The number of rotatable bonds is 20. The van der Waals surface area contributed by atoms with Crippen molar-refractivity contribution in [2.24, 2.45) is 47.3 Å². The SMILES string of the molecule is CC1CCC(C(=O)O)C(COOC2CCC(CCOCCOCCOCCC3CCC(OC(=O)C4CC(C)CCC4C(=O)O)CC3)CC2)C1. The number of ether oxygens (including phenoxy) is 4. The molecule has 4 fully saturated rings. The third-order valence-electron chi connectivity index (χ3n) is 11.7. The number of carboxylic acids is 2. The van der Waals surface area contributed by atoms with Gasteiger partial charge in [0, 0.05) is 13.2 Å². The summed E-state index contributed by atoms with van der Waals surface area (Å²) < 4.78 is 23.1. The molecule has 0 spiro atoms. The normalized spacial score (nSPS) is 33.9. The predicted octanol–water partition coefficient (Wildman–Crippen LogP) is 6.70. The lowest BCUT2D eigenvalue weighted by molar-refractivity contribution is -0.337. The van der Waals surface area contributed by atoms with Crippen molar-refractivity contribution in [1.29, 1.82) is 0 Å². The molecule has 0 aromatic heterocycles. The van der Waals surface area contributed by atoms with Crippen LogP contribution in [-0.4, -0.2) is 86.6 Å². The van der Waals surface area contributed by atoms with Crippen molar-refractivity contribution in [1.82, 2.24) is 0 Å². The monoisotopic (exact) mass is 696 g/mol. The highest BCUT2D eigenvalue weighted by Gasteiger charge is 2.40. The maximum absolute atomic E-state index is 12.8. The van der Waals surface area contributed by atoms with Crippen molar-refractivity contribution in [2.75, 3.05) is 46.2 Å². The van der Waals surface area contributed by atoms with Crippen LogP contribution in [0.4, 0.5) is 0 Å². The van der Waals surface area contributed by atoms with Crippen LogP contribution in [0.1, 0.15) is 117 Å². The summed E-state index contributed by atoms with van der Waals surface area (Å²) in [4.78, 5) is 47.3. The summed E-state index contributed by atoms with van der Waals surface area (Å²) in [5.41, 5.74) is 0. The number of esters is 1. The van der Waals surface area contributed by atoms with Gasteiger partial charge in [0.25, 0.3) is 0 Å². The highest BCUT2D eigenvalue weighted by molar-refractivity contribution is 5.81. The van der Waals surface area contributed by atoms with E-state index < -0.39 is 23.8 Å². The highest BCUT2D eigenvalue weighted by atomic mass is 17.2. The zero-order chi connectivity index (χ0) is 35.0. The van der Waals surface area contributed by atoms with Crippen molar-refractivity contribution in [3.63, 3.8) is 0 Å². The fraction of sp³-hybridized carbons (Fsp3) is 0.921. The molecule has 0 aromatic carbocycles. The molecule has 11 heteroatoms. The molecule has 0 aromatic rings. The van der Waals surface area contributed by atoms with Crippen LogP contribution in [0.2, 0.25) is 0 Å². The Morgan fingerprint density at radius 2 is 1.04 bits per heavy atom. The second-order valence-corrected chi connectivity index (χ2v) is 15.6. The van der Waals surface area contributed by atoms with Gasteiger partial charge in [-0.1, -0.05) is 13.8 Å². The van der Waals surface area contributed by atoms with Gasteiger partial charge in [-0.3, -0.25) is 14.4 Å². The van der Waals surface area contributed by atoms with Crippen molar-refractivity contribution < 1.29 is 53.3 Å². The van der Waals surface area contributed by atoms with Gasteiger partial charge in [0.2, 0.25) is 0 Å². The maximum atomic E-state index is 12.8. The molecule has 6 unspecified atom stereocenters. The van der Waals surface area contributed by atoms with E-state index in [1.54, 1.807) is 0 Å². The Kier molecular flexibility index (Phi) is 17.6. The molecule has 4 aliphatic rings. The fourth-order valence-corrected chi connectivity index (χ4v) is 8.52. The average molecular weight is 697 g/mol. The lowest BCUT2D eigenvalue weighted by Gasteiger charge is -2.33. The summed E-state index contributed by atoms with van der Waals surface area (Å²) in [6.45, 7) is 8.29. The summed E-state index contributed by atoms with van der Waals surface area (Å²) >= 11 is 0. The molecule has 282 valence electrons. The minimum absolute atomic E-state index is 0.0313. The van der Waals surface area contributed by atoms with Gasteiger partial charge in [0.05, 0.1) is 56.9 Å². The smallest absolute Gasteiger partial charge is 0.310 e. The Morgan fingerprint density at radius 3 is 1.59 bits per heavy atom. The zero-order valence-corrected chi connectivity index (χ0v) is 30.1. The van der Waals surface area contributed by atoms with Crippen molar-refractivity contribution in [3.05, 3.63) is 0 Å². The van der Waals surface area contributed by atoms with Gasteiger partial charge in [0.1, 0.15) is 6.10 Å². The molecule has 0 bridgehead atoms. The fourth-order valence-electron chi connectivity index (χ4n) is 8.52. The first kappa shape index (κ1) is 40.0. The molecular weight excluding hydrogens is 632 g/mol. The van der Waals surface area contributed by atoms with Gasteiger partial charge in [-0.05, 0) is 132 Å². The Bertz CT molecular complexity index is 975. The summed E-state index contributed by atoms with van der Waals surface area (Å²) in [7, 11) is 0. The van der Waals surface area contributed by atoms with Gasteiger partial charge in [-0.15, -0.1) is 0 Å². The third-order valence-corrected chi connectivity index (χ3v) is 11.7. The molecule has 0 aliphatic heterocycles. The van der Waals surface area contributed by atoms with Crippen LogP contribution >= 0.6 is 0 Å². The molecule has 6 atom stereocenters. The predicted molar refractivity (Wildman–Crippen MR) is 182 cm³/mol. The van der Waals surface area contributed by atoms with Gasteiger partial charge < -0.3 is 29.2 Å². The first-order valence-corrected chi connectivity index (χ1v) is 19.4. The minimum atomic E-state index is -0.878. The van der Waals surface area contributed by atoms with Gasteiger partial charge in [-0.2, -0.15) is 0 Å². The molecular formula is C38H64O11. The molecule has 0 radical (unpaired) electrons. The van der Waals surface area contributed by atoms with Gasteiger partial charge in [-0.25, -0.2) is 9.78 Å². The van der Waals surface area contributed by atoms with Crippen LogP contribution in [0.15, 0.2) is 0 Å². The van der Waals surface area contributed by atoms with E-state index in [0.29, 0.717) is 76.2 Å². The van der Waals surface area contributed by atoms with Crippen LogP contribution in [-0.2, 0) is 43.1 Å². The Hall–Kier alpha value is -1.79. The molecule has 4 saturated carbocycles. The van der Waals surface area contributed by atoms with Crippen LogP contribution < -0.4 is 0 Å². The maximum Gasteiger partial charge on any atom is 0.310 e. The molecule has 0 saturated heterocycles. The van der Waals surface area contributed by atoms with E-state index in [-0.39, 0.29) is 30.0 Å². The summed E-state index contributed by atoms with van der Waals surface area (Å²) in [5, 5.41) is 19.0. The van der Waals surface area contributed by atoms with Gasteiger partial charge >= 0.3 is 17.9 Å². The lowest BCUT2D eigenvalue weighted by atomic mass is 9.74. The number of carbonyl (C=O) groups excluding carboxylic acids is 1. The summed E-state index contributed by atoms with van der Waals surface area (Å²) in [6.07, 6.45) is 14.4. The average Bonchev–Trinajstić information content (AvgIpc) is 3.08. The van der Waals surface area contributed by atoms with Crippen LogP contribution in [0, 0.1) is 47.3 Å². The van der Waals surface area contributed by atoms with Gasteiger partial charge in [0.15, 0.2) is 0 Å². The molecule has 49 heavy (non-hydrogen) atoms. The Balaban J connectivity index is 0.915. The summed E-state index contributed by atoms with van der Waals surface area (Å²) in [5.74, 6) is -1.23. The first-order chi connectivity index (χ1) is 23.7. The molecule has 0 amide bonds. The van der Waals surface area contributed by atoms with Crippen LogP contribution in [0.25, 0.3) is 0 Å². The van der Waals surface area contributed by atoms with E-state index in [1.165, 1.54) is 0 Å². The molecule has 0 heterocycles. The topological polar surface area (TPSA) is 147 Å². The second-order valence-electron chi connectivity index (χ2n) is 15.6. The molecule has 4 aliphatic carbocycles. The van der Waals surface area contributed by atoms with E-state index in [1.807, 2.05) is 0 Å². The Labute approximate surface area is 293 Å².